The minimum absolute atomic E-state index is 0.649. The lowest BCUT2D eigenvalue weighted by molar-refractivity contribution is 0.161. The van der Waals surface area contributed by atoms with Gasteiger partial charge in [0.1, 0.15) is 17.9 Å². The van der Waals surface area contributed by atoms with Crippen molar-refractivity contribution in [1.82, 2.24) is 19.6 Å². The minimum Gasteiger partial charge on any atom is -0.469 e. The summed E-state index contributed by atoms with van der Waals surface area (Å²) >= 11 is 0. The van der Waals surface area contributed by atoms with Crippen molar-refractivity contribution in [2.24, 2.45) is 0 Å². The van der Waals surface area contributed by atoms with Gasteiger partial charge in [0.25, 0.3) is 0 Å². The third-order valence-corrected chi connectivity index (χ3v) is 3.89. The molecule has 22 heavy (non-hydrogen) atoms. The van der Waals surface area contributed by atoms with E-state index >= 15 is 0 Å². The Morgan fingerprint density at radius 1 is 1.27 bits per heavy atom. The van der Waals surface area contributed by atoms with Crippen molar-refractivity contribution in [3.63, 3.8) is 0 Å². The average Bonchev–Trinajstić information content (AvgIpc) is 3.25. The van der Waals surface area contributed by atoms with Crippen LogP contribution >= 0.6 is 0 Å². The maximum atomic E-state index is 5.38. The van der Waals surface area contributed by atoms with Crippen molar-refractivity contribution < 1.29 is 9.15 Å². The molecule has 0 saturated heterocycles. The van der Waals surface area contributed by atoms with Gasteiger partial charge in [-0.25, -0.2) is 4.98 Å². The summed E-state index contributed by atoms with van der Waals surface area (Å²) in [6.45, 7) is 1.39. The Bertz CT molecular complexity index is 805. The first-order valence-corrected chi connectivity index (χ1v) is 7.39. The summed E-state index contributed by atoms with van der Waals surface area (Å²) in [5.74, 6) is 1.90. The summed E-state index contributed by atoms with van der Waals surface area (Å²) in [4.78, 5) is 4.61. The molecule has 4 heterocycles. The van der Waals surface area contributed by atoms with Crippen molar-refractivity contribution in [2.75, 3.05) is 13.2 Å². The number of rotatable bonds is 4. The van der Waals surface area contributed by atoms with E-state index in [1.54, 1.807) is 12.6 Å². The van der Waals surface area contributed by atoms with Gasteiger partial charge in [0.05, 0.1) is 19.5 Å². The maximum absolute atomic E-state index is 5.38. The summed E-state index contributed by atoms with van der Waals surface area (Å²) in [5.41, 5.74) is 3.13. The normalized spacial score (nSPS) is 15.2. The summed E-state index contributed by atoms with van der Waals surface area (Å²) in [7, 11) is 0. The van der Waals surface area contributed by atoms with Crippen LogP contribution in [0.1, 0.15) is 23.6 Å². The first-order chi connectivity index (χ1) is 10.9. The molecule has 0 atom stereocenters. The lowest BCUT2D eigenvalue weighted by Gasteiger charge is -2.14. The van der Waals surface area contributed by atoms with Crippen LogP contribution in [0, 0.1) is 0 Å². The minimum atomic E-state index is 0.649. The third kappa shape index (κ3) is 2.42. The molecule has 4 rings (SSSR count). The summed E-state index contributed by atoms with van der Waals surface area (Å²) < 4.78 is 12.7. The molecule has 0 bridgehead atoms. The Hall–Kier alpha value is -2.47. The number of aryl methyl sites for hydroxylation is 2. The van der Waals surface area contributed by atoms with Gasteiger partial charge in [-0.15, -0.1) is 10.2 Å². The number of ether oxygens (including phenoxy) is 1. The second kappa shape index (κ2) is 5.73. The van der Waals surface area contributed by atoms with E-state index in [1.165, 1.54) is 5.57 Å². The summed E-state index contributed by atoms with van der Waals surface area (Å²) in [5, 5.41) is 8.32. The topological polar surface area (TPSA) is 65.5 Å². The zero-order valence-electron chi connectivity index (χ0n) is 12.1. The van der Waals surface area contributed by atoms with Gasteiger partial charge in [-0.2, -0.15) is 0 Å². The molecule has 0 aromatic carbocycles. The second-order valence-electron chi connectivity index (χ2n) is 5.25. The Morgan fingerprint density at radius 3 is 3.09 bits per heavy atom. The lowest BCUT2D eigenvalue weighted by atomic mass is 10.0. The number of nitrogens with zero attached hydrogens (tertiary/aromatic N) is 4. The third-order valence-electron chi connectivity index (χ3n) is 3.89. The van der Waals surface area contributed by atoms with Crippen LogP contribution in [0.15, 0.2) is 41.4 Å². The second-order valence-corrected chi connectivity index (χ2v) is 5.25. The Balaban J connectivity index is 1.67. The van der Waals surface area contributed by atoms with Crippen LogP contribution in [-0.4, -0.2) is 32.8 Å². The molecular formula is C16H16N4O2. The molecule has 0 unspecified atom stereocenters. The molecule has 112 valence electrons. The highest BCUT2D eigenvalue weighted by Crippen LogP contribution is 2.24. The number of aromatic nitrogens is 4. The standard InChI is InChI=1S/C16H16N4O2/c1-2-13(22-7-1)3-4-15-17-10-14(12-5-8-21-9-6-12)16-19-18-11-20(15)16/h1-2,5,7,10-11H,3-4,6,8-9H2. The molecule has 1 aliphatic heterocycles. The zero-order valence-corrected chi connectivity index (χ0v) is 12.1. The number of furan rings is 1. The van der Waals surface area contributed by atoms with E-state index in [-0.39, 0.29) is 0 Å². The molecule has 1 aliphatic rings. The molecule has 0 amide bonds. The molecule has 0 aliphatic carbocycles. The Kier molecular flexibility index (Phi) is 3.44. The molecule has 6 nitrogen and oxygen atoms in total. The summed E-state index contributed by atoms with van der Waals surface area (Å²) in [6.07, 6.45) is 9.89. The molecule has 3 aromatic rings. The predicted molar refractivity (Wildman–Crippen MR) is 80.3 cm³/mol. The highest BCUT2D eigenvalue weighted by atomic mass is 16.5. The molecule has 6 heteroatoms. The van der Waals surface area contributed by atoms with Gasteiger partial charge in [0, 0.05) is 24.6 Å². The lowest BCUT2D eigenvalue weighted by Crippen LogP contribution is -2.08. The highest BCUT2D eigenvalue weighted by molar-refractivity contribution is 5.75. The van der Waals surface area contributed by atoms with Gasteiger partial charge in [-0.1, -0.05) is 6.08 Å². The molecule has 0 fully saturated rings. The van der Waals surface area contributed by atoms with Crippen LogP contribution in [0.25, 0.3) is 11.2 Å². The quantitative estimate of drug-likeness (QED) is 0.739. The van der Waals surface area contributed by atoms with Crippen molar-refractivity contribution in [2.45, 2.75) is 19.3 Å². The van der Waals surface area contributed by atoms with Gasteiger partial charge in [0.2, 0.25) is 0 Å². The molecule has 3 aromatic heterocycles. The Labute approximate surface area is 127 Å². The van der Waals surface area contributed by atoms with Crippen molar-refractivity contribution in [3.8, 4) is 0 Å². The molecule has 0 radical (unpaired) electrons. The predicted octanol–water partition coefficient (Wildman–Crippen LogP) is 2.31. The monoisotopic (exact) mass is 296 g/mol. The average molecular weight is 296 g/mol. The maximum Gasteiger partial charge on any atom is 0.171 e. The van der Waals surface area contributed by atoms with E-state index < -0.39 is 0 Å². The van der Waals surface area contributed by atoms with Crippen LogP contribution in [0.5, 0.6) is 0 Å². The van der Waals surface area contributed by atoms with E-state index in [0.29, 0.717) is 6.61 Å². The van der Waals surface area contributed by atoms with Gasteiger partial charge in [-0.3, -0.25) is 4.40 Å². The van der Waals surface area contributed by atoms with Crippen LogP contribution in [0.4, 0.5) is 0 Å². The van der Waals surface area contributed by atoms with Gasteiger partial charge in [0.15, 0.2) is 5.65 Å². The Morgan fingerprint density at radius 2 is 2.27 bits per heavy atom. The van der Waals surface area contributed by atoms with Crippen LogP contribution in [0.3, 0.4) is 0 Å². The number of hydrogen-bond acceptors (Lipinski definition) is 5. The van der Waals surface area contributed by atoms with Gasteiger partial charge in [-0.05, 0) is 24.1 Å². The molecule has 0 spiro atoms. The van der Waals surface area contributed by atoms with Gasteiger partial charge >= 0.3 is 0 Å². The van der Waals surface area contributed by atoms with E-state index in [9.17, 15) is 0 Å². The van der Waals surface area contributed by atoms with Crippen molar-refractivity contribution in [3.05, 3.63) is 54.1 Å². The van der Waals surface area contributed by atoms with Crippen molar-refractivity contribution >= 4 is 11.2 Å². The van der Waals surface area contributed by atoms with E-state index in [0.717, 1.165) is 48.7 Å². The summed E-state index contributed by atoms with van der Waals surface area (Å²) in [6, 6.07) is 3.88. The highest BCUT2D eigenvalue weighted by Gasteiger charge is 2.15. The number of hydrogen-bond donors (Lipinski definition) is 0. The fourth-order valence-electron chi connectivity index (χ4n) is 2.74. The molecule has 0 N–H and O–H groups in total. The molecule has 0 saturated carbocycles. The largest absolute Gasteiger partial charge is 0.469 e. The smallest absolute Gasteiger partial charge is 0.171 e. The van der Waals surface area contributed by atoms with Crippen LogP contribution in [-0.2, 0) is 17.6 Å². The SMILES string of the molecule is C1=C(c2cnc(CCc3ccco3)n3cnnc23)CCOC1. The van der Waals surface area contributed by atoms with Gasteiger partial charge < -0.3 is 9.15 Å². The van der Waals surface area contributed by atoms with Crippen LogP contribution in [0.2, 0.25) is 0 Å². The molecular weight excluding hydrogens is 280 g/mol. The first-order valence-electron chi connectivity index (χ1n) is 7.39. The fourth-order valence-corrected chi connectivity index (χ4v) is 2.74. The van der Waals surface area contributed by atoms with Crippen molar-refractivity contribution in [1.29, 1.82) is 0 Å². The zero-order chi connectivity index (χ0) is 14.8. The van der Waals surface area contributed by atoms with E-state index in [4.69, 9.17) is 9.15 Å². The van der Waals surface area contributed by atoms with E-state index in [2.05, 4.69) is 21.3 Å². The first kappa shape index (κ1) is 13.2. The van der Waals surface area contributed by atoms with Crippen LogP contribution < -0.4 is 0 Å². The number of fused-ring (bicyclic) bond motifs is 1. The fraction of sp³-hybridized carbons (Fsp3) is 0.312. The van der Waals surface area contributed by atoms with E-state index in [1.807, 2.05) is 22.7 Å².